The molecule has 0 aliphatic rings. The van der Waals surface area contributed by atoms with Gasteiger partial charge in [0.05, 0.1) is 0 Å². The van der Waals surface area contributed by atoms with E-state index >= 15 is 0 Å². The van der Waals surface area contributed by atoms with E-state index in [1.165, 1.54) is 0 Å². The van der Waals surface area contributed by atoms with Crippen molar-refractivity contribution in [3.63, 3.8) is 0 Å². The zero-order chi connectivity index (χ0) is 18.3. The molecule has 0 bridgehead atoms. The minimum Gasteiger partial charge on any atom is -0.508 e. The van der Waals surface area contributed by atoms with Crippen molar-refractivity contribution in [3.8, 4) is 5.75 Å². The predicted octanol–water partition coefficient (Wildman–Crippen LogP) is 2.60. The first kappa shape index (κ1) is 19.8. The molecular formula is C18H28N2O4. The molecular weight excluding hydrogens is 308 g/mol. The number of carbonyl (C=O) groups excluding carboxylic acids is 2. The Morgan fingerprint density at radius 1 is 1.17 bits per heavy atom. The van der Waals surface area contributed by atoms with E-state index in [0.29, 0.717) is 18.9 Å². The SMILES string of the molecule is CC(C)CNC(=O)C(Cc1ccc(O)cc1)NC(=O)OC(C)(C)C. The zero-order valence-electron chi connectivity index (χ0n) is 15.1. The van der Waals surface area contributed by atoms with Gasteiger partial charge in [0.2, 0.25) is 5.91 Å². The summed E-state index contributed by atoms with van der Waals surface area (Å²) in [6.45, 7) is 9.81. The van der Waals surface area contributed by atoms with Crippen molar-refractivity contribution in [2.24, 2.45) is 5.92 Å². The van der Waals surface area contributed by atoms with Crippen LogP contribution in [0.4, 0.5) is 4.79 Å². The summed E-state index contributed by atoms with van der Waals surface area (Å²) in [5.74, 6) is 0.201. The number of hydrogen-bond acceptors (Lipinski definition) is 4. The van der Waals surface area contributed by atoms with Crippen LogP contribution in [0.25, 0.3) is 0 Å². The molecule has 0 fully saturated rings. The standard InChI is InChI=1S/C18H28N2O4/c1-12(2)11-19-16(22)15(20-17(23)24-18(3,4)5)10-13-6-8-14(21)9-7-13/h6-9,12,15,21H,10-11H2,1-5H3,(H,19,22)(H,20,23). The van der Waals surface area contributed by atoms with E-state index < -0.39 is 17.7 Å². The third-order valence-electron chi connectivity index (χ3n) is 3.07. The first-order chi connectivity index (χ1) is 11.1. The Morgan fingerprint density at radius 3 is 2.25 bits per heavy atom. The molecule has 3 N–H and O–H groups in total. The summed E-state index contributed by atoms with van der Waals surface area (Å²) in [5, 5.41) is 14.8. The van der Waals surface area contributed by atoms with Crippen LogP contribution in [0.5, 0.6) is 5.75 Å². The molecule has 134 valence electrons. The van der Waals surface area contributed by atoms with E-state index in [1.807, 2.05) is 13.8 Å². The predicted molar refractivity (Wildman–Crippen MR) is 92.8 cm³/mol. The van der Waals surface area contributed by atoms with Crippen molar-refractivity contribution >= 4 is 12.0 Å². The van der Waals surface area contributed by atoms with Crippen LogP contribution < -0.4 is 10.6 Å². The van der Waals surface area contributed by atoms with Gasteiger partial charge in [0.15, 0.2) is 0 Å². The molecule has 6 nitrogen and oxygen atoms in total. The minimum atomic E-state index is -0.747. The molecule has 1 atom stereocenters. The Bertz CT molecular complexity index is 547. The second kappa shape index (κ2) is 8.57. The fraction of sp³-hybridized carbons (Fsp3) is 0.556. The molecule has 0 radical (unpaired) electrons. The zero-order valence-corrected chi connectivity index (χ0v) is 15.1. The smallest absolute Gasteiger partial charge is 0.408 e. The number of phenols is 1. The lowest BCUT2D eigenvalue weighted by molar-refractivity contribution is -0.123. The van der Waals surface area contributed by atoms with Gasteiger partial charge in [0, 0.05) is 13.0 Å². The molecule has 24 heavy (non-hydrogen) atoms. The van der Waals surface area contributed by atoms with E-state index in [9.17, 15) is 14.7 Å². The van der Waals surface area contributed by atoms with Crippen molar-refractivity contribution in [1.29, 1.82) is 0 Å². The maximum absolute atomic E-state index is 12.4. The van der Waals surface area contributed by atoms with Crippen LogP contribution in [0.3, 0.4) is 0 Å². The molecule has 0 spiro atoms. The number of phenolic OH excluding ortho intramolecular Hbond substituents is 1. The van der Waals surface area contributed by atoms with Crippen molar-refractivity contribution < 1.29 is 19.4 Å². The molecule has 1 aromatic rings. The van der Waals surface area contributed by atoms with Crippen molar-refractivity contribution in [3.05, 3.63) is 29.8 Å². The fourth-order valence-corrected chi connectivity index (χ4v) is 1.95. The molecule has 0 heterocycles. The lowest BCUT2D eigenvalue weighted by Gasteiger charge is -2.23. The molecule has 0 aliphatic heterocycles. The number of hydrogen-bond donors (Lipinski definition) is 3. The summed E-state index contributed by atoms with van der Waals surface area (Å²) in [6.07, 6.45) is -0.324. The molecule has 6 heteroatoms. The van der Waals surface area contributed by atoms with Gasteiger partial charge >= 0.3 is 6.09 Å². The number of ether oxygens (including phenoxy) is 1. The van der Waals surface area contributed by atoms with Gasteiger partial charge < -0.3 is 20.5 Å². The Morgan fingerprint density at radius 2 is 1.75 bits per heavy atom. The molecule has 1 unspecified atom stereocenters. The van der Waals surface area contributed by atoms with Crippen LogP contribution in [-0.2, 0) is 16.0 Å². The Balaban J connectivity index is 2.79. The van der Waals surface area contributed by atoms with Crippen molar-refractivity contribution in [2.75, 3.05) is 6.54 Å². The van der Waals surface area contributed by atoms with Crippen LogP contribution >= 0.6 is 0 Å². The lowest BCUT2D eigenvalue weighted by atomic mass is 10.0. The summed E-state index contributed by atoms with van der Waals surface area (Å²) in [6, 6.07) is 5.78. The van der Waals surface area contributed by atoms with Crippen LogP contribution in [0.1, 0.15) is 40.2 Å². The summed E-state index contributed by atoms with van der Waals surface area (Å²) in [7, 11) is 0. The molecule has 2 amide bonds. The molecule has 1 rings (SSSR count). The lowest BCUT2D eigenvalue weighted by Crippen LogP contribution is -2.49. The first-order valence-corrected chi connectivity index (χ1v) is 8.12. The van der Waals surface area contributed by atoms with Crippen LogP contribution in [-0.4, -0.2) is 35.3 Å². The number of nitrogens with one attached hydrogen (secondary N) is 2. The topological polar surface area (TPSA) is 87.7 Å². The second-order valence-corrected chi connectivity index (χ2v) is 7.21. The summed E-state index contributed by atoms with van der Waals surface area (Å²) in [5.41, 5.74) is 0.190. The molecule has 0 saturated carbocycles. The van der Waals surface area contributed by atoms with Crippen LogP contribution in [0.2, 0.25) is 0 Å². The highest BCUT2D eigenvalue weighted by molar-refractivity contribution is 5.86. The first-order valence-electron chi connectivity index (χ1n) is 8.12. The number of amides is 2. The highest BCUT2D eigenvalue weighted by Gasteiger charge is 2.24. The van der Waals surface area contributed by atoms with Gasteiger partial charge in [0.25, 0.3) is 0 Å². The Labute approximate surface area is 143 Å². The molecule has 1 aromatic carbocycles. The third-order valence-corrected chi connectivity index (χ3v) is 3.07. The average molecular weight is 336 g/mol. The second-order valence-electron chi connectivity index (χ2n) is 7.21. The van der Waals surface area contributed by atoms with Gasteiger partial charge in [-0.15, -0.1) is 0 Å². The van der Waals surface area contributed by atoms with Crippen LogP contribution in [0.15, 0.2) is 24.3 Å². The van der Waals surface area contributed by atoms with Crippen molar-refractivity contribution in [1.82, 2.24) is 10.6 Å². The largest absolute Gasteiger partial charge is 0.508 e. The number of aromatic hydroxyl groups is 1. The van der Waals surface area contributed by atoms with Crippen molar-refractivity contribution in [2.45, 2.75) is 52.7 Å². The summed E-state index contributed by atoms with van der Waals surface area (Å²) in [4.78, 5) is 24.4. The van der Waals surface area contributed by atoms with Gasteiger partial charge in [-0.25, -0.2) is 4.79 Å². The third kappa shape index (κ3) is 7.85. The number of alkyl carbamates (subject to hydrolysis) is 1. The van der Waals surface area contributed by atoms with Crippen LogP contribution in [0, 0.1) is 5.92 Å². The maximum atomic E-state index is 12.4. The molecule has 0 saturated heterocycles. The monoisotopic (exact) mass is 336 g/mol. The van der Waals surface area contributed by atoms with E-state index in [0.717, 1.165) is 5.56 Å². The fourth-order valence-electron chi connectivity index (χ4n) is 1.95. The number of rotatable bonds is 6. The Kier molecular flexibility index (Phi) is 7.07. The van der Waals surface area contributed by atoms with Gasteiger partial charge in [-0.1, -0.05) is 26.0 Å². The minimum absolute atomic E-state index is 0.152. The van der Waals surface area contributed by atoms with Gasteiger partial charge in [0.1, 0.15) is 17.4 Å². The normalized spacial score (nSPS) is 12.6. The molecule has 0 aliphatic carbocycles. The van der Waals surface area contributed by atoms with E-state index in [1.54, 1.807) is 45.0 Å². The number of benzene rings is 1. The average Bonchev–Trinajstić information content (AvgIpc) is 2.44. The highest BCUT2D eigenvalue weighted by atomic mass is 16.6. The maximum Gasteiger partial charge on any atom is 0.408 e. The summed E-state index contributed by atoms with van der Waals surface area (Å²) < 4.78 is 5.23. The highest BCUT2D eigenvalue weighted by Crippen LogP contribution is 2.12. The van der Waals surface area contributed by atoms with E-state index in [4.69, 9.17) is 4.74 Å². The summed E-state index contributed by atoms with van der Waals surface area (Å²) >= 11 is 0. The van der Waals surface area contributed by atoms with Gasteiger partial charge in [-0.3, -0.25) is 4.79 Å². The quantitative estimate of drug-likeness (QED) is 0.745. The van der Waals surface area contributed by atoms with E-state index in [2.05, 4.69) is 10.6 Å². The van der Waals surface area contributed by atoms with E-state index in [-0.39, 0.29) is 11.7 Å². The molecule has 0 aromatic heterocycles. The Hall–Kier alpha value is -2.24. The number of carbonyl (C=O) groups is 2. The van der Waals surface area contributed by atoms with Gasteiger partial charge in [-0.2, -0.15) is 0 Å². The van der Waals surface area contributed by atoms with Gasteiger partial charge in [-0.05, 0) is 44.4 Å².